The summed E-state index contributed by atoms with van der Waals surface area (Å²) in [5.74, 6) is 0.985. The molecule has 0 saturated carbocycles. The number of nitrogens with zero attached hydrogens (tertiary/aromatic N) is 2. The number of likely N-dealkylation sites (N-methyl/N-ethyl adjacent to an activating group) is 1. The predicted molar refractivity (Wildman–Crippen MR) is 135 cm³/mol. The zero-order chi connectivity index (χ0) is 25.8. The van der Waals surface area contributed by atoms with Crippen LogP contribution in [0.25, 0.3) is 0 Å². The maximum atomic E-state index is 11.2. The molecule has 0 aromatic heterocycles. The minimum atomic E-state index is -0.628. The van der Waals surface area contributed by atoms with E-state index in [2.05, 4.69) is 36.6 Å². The van der Waals surface area contributed by atoms with E-state index in [-0.39, 0.29) is 19.1 Å². The maximum Gasteiger partial charge on any atom is 0.343 e. The van der Waals surface area contributed by atoms with Crippen LogP contribution < -0.4 is 9.47 Å². The van der Waals surface area contributed by atoms with E-state index in [0.29, 0.717) is 17.1 Å². The molecule has 190 valence electrons. The molecular weight excluding hydrogens is 444 g/mol. The number of aliphatic hydroxyl groups is 1. The lowest BCUT2D eigenvalue weighted by Gasteiger charge is -2.32. The summed E-state index contributed by atoms with van der Waals surface area (Å²) < 4.78 is 15.3. The number of ether oxygens (including phenoxy) is 3. The van der Waals surface area contributed by atoms with Gasteiger partial charge in [-0.05, 0) is 74.2 Å². The number of nitriles is 1. The Morgan fingerprint density at radius 3 is 2.43 bits per heavy atom. The Kier molecular flexibility index (Phi) is 11.0. The van der Waals surface area contributed by atoms with E-state index in [1.165, 1.54) is 12.7 Å². The van der Waals surface area contributed by atoms with Crippen LogP contribution in [-0.2, 0) is 28.0 Å². The number of carbonyl (C=O) groups excluding carboxylic acids is 1. The molecule has 0 bridgehead atoms. The molecule has 0 spiro atoms. The van der Waals surface area contributed by atoms with Gasteiger partial charge in [-0.3, -0.25) is 0 Å². The van der Waals surface area contributed by atoms with Crippen molar-refractivity contribution in [3.05, 3.63) is 59.2 Å². The van der Waals surface area contributed by atoms with Crippen LogP contribution in [0.5, 0.6) is 11.5 Å². The van der Waals surface area contributed by atoms with Gasteiger partial charge in [0, 0.05) is 12.1 Å². The van der Waals surface area contributed by atoms with Crippen molar-refractivity contribution in [3.63, 3.8) is 0 Å². The van der Waals surface area contributed by atoms with Crippen molar-refractivity contribution in [3.8, 4) is 17.6 Å². The van der Waals surface area contributed by atoms with Crippen molar-refractivity contribution >= 4 is 5.97 Å². The number of hydrogen-bond acceptors (Lipinski definition) is 7. The lowest BCUT2D eigenvalue weighted by atomic mass is 9.69. The third kappa shape index (κ3) is 7.71. The topological polar surface area (TPSA) is 92.0 Å². The van der Waals surface area contributed by atoms with Gasteiger partial charge in [0.15, 0.2) is 6.61 Å². The first kappa shape index (κ1) is 28.2. The van der Waals surface area contributed by atoms with Gasteiger partial charge >= 0.3 is 5.97 Å². The van der Waals surface area contributed by atoms with E-state index < -0.39 is 11.4 Å². The van der Waals surface area contributed by atoms with Gasteiger partial charge in [-0.2, -0.15) is 5.26 Å². The Hall–Kier alpha value is -3.08. The predicted octanol–water partition coefficient (Wildman–Crippen LogP) is 4.11. The average Bonchev–Trinajstić information content (AvgIpc) is 2.88. The molecule has 2 rings (SSSR count). The minimum absolute atomic E-state index is 0.100. The first-order valence-electron chi connectivity index (χ1n) is 12.0. The summed E-state index contributed by atoms with van der Waals surface area (Å²) in [5.41, 5.74) is 2.18. The van der Waals surface area contributed by atoms with Gasteiger partial charge in [-0.25, -0.2) is 4.79 Å². The van der Waals surface area contributed by atoms with Crippen molar-refractivity contribution in [1.82, 2.24) is 4.90 Å². The molecule has 0 aliphatic rings. The van der Waals surface area contributed by atoms with E-state index in [4.69, 9.17) is 9.47 Å². The van der Waals surface area contributed by atoms with Crippen LogP contribution in [-0.4, -0.2) is 56.9 Å². The molecule has 1 unspecified atom stereocenters. The van der Waals surface area contributed by atoms with Gasteiger partial charge in [0.1, 0.15) is 11.5 Å². The minimum Gasteiger partial charge on any atom is -0.496 e. The summed E-state index contributed by atoms with van der Waals surface area (Å²) in [4.78, 5) is 13.5. The van der Waals surface area contributed by atoms with Crippen LogP contribution in [0.15, 0.2) is 42.5 Å². The van der Waals surface area contributed by atoms with E-state index in [0.717, 1.165) is 37.9 Å². The molecule has 0 aliphatic heterocycles. The number of rotatable bonds is 14. The third-order valence-electron chi connectivity index (χ3n) is 6.55. The molecular formula is C28H38N2O5. The van der Waals surface area contributed by atoms with Crippen LogP contribution >= 0.6 is 0 Å². The Bertz CT molecular complexity index is 984. The Morgan fingerprint density at radius 2 is 1.86 bits per heavy atom. The van der Waals surface area contributed by atoms with Gasteiger partial charge in [-0.15, -0.1) is 0 Å². The van der Waals surface area contributed by atoms with E-state index in [1.54, 1.807) is 7.11 Å². The van der Waals surface area contributed by atoms with E-state index in [1.807, 2.05) is 42.5 Å². The molecule has 2 aromatic rings. The van der Waals surface area contributed by atoms with Crippen LogP contribution in [0.2, 0.25) is 0 Å². The first-order chi connectivity index (χ1) is 16.8. The molecule has 0 radical (unpaired) electrons. The highest BCUT2D eigenvalue weighted by molar-refractivity contribution is 5.70. The highest BCUT2D eigenvalue weighted by atomic mass is 16.6. The normalized spacial score (nSPS) is 12.8. The van der Waals surface area contributed by atoms with Gasteiger partial charge in [-0.1, -0.05) is 32.0 Å². The number of hydrogen-bond donors (Lipinski definition) is 1. The summed E-state index contributed by atoms with van der Waals surface area (Å²) in [5, 5.41) is 20.0. The molecule has 7 heteroatoms. The number of benzene rings is 2. The van der Waals surface area contributed by atoms with Gasteiger partial charge < -0.3 is 24.2 Å². The smallest absolute Gasteiger partial charge is 0.343 e. The third-order valence-corrected chi connectivity index (χ3v) is 6.55. The molecule has 7 nitrogen and oxygen atoms in total. The molecule has 2 aromatic carbocycles. The highest BCUT2D eigenvalue weighted by Crippen LogP contribution is 2.38. The Labute approximate surface area is 209 Å². The van der Waals surface area contributed by atoms with Crippen LogP contribution in [0, 0.1) is 17.2 Å². The monoisotopic (exact) mass is 482 g/mol. The molecule has 0 saturated heterocycles. The average molecular weight is 483 g/mol. The van der Waals surface area contributed by atoms with Crippen LogP contribution in [0.4, 0.5) is 0 Å². The SMILES string of the molecule is COC(=O)COc1ccc(CCN(C)CCCC(C#N)(c2ccc(OC)c(CO)c2)C(C)C)cc1. The number of carbonyl (C=O) groups is 1. The van der Waals surface area contributed by atoms with Crippen molar-refractivity contribution in [2.45, 2.75) is 45.1 Å². The highest BCUT2D eigenvalue weighted by Gasteiger charge is 2.36. The summed E-state index contributed by atoms with van der Waals surface area (Å²) in [6, 6.07) is 16.0. The lowest BCUT2D eigenvalue weighted by molar-refractivity contribution is -0.142. The quantitative estimate of drug-likeness (QED) is 0.405. The summed E-state index contributed by atoms with van der Waals surface area (Å²) >= 11 is 0. The van der Waals surface area contributed by atoms with Gasteiger partial charge in [0.25, 0.3) is 0 Å². The number of aliphatic hydroxyl groups excluding tert-OH is 1. The second-order valence-corrected chi connectivity index (χ2v) is 9.09. The van der Waals surface area contributed by atoms with Crippen molar-refractivity contribution in [1.29, 1.82) is 5.26 Å². The zero-order valence-corrected chi connectivity index (χ0v) is 21.5. The van der Waals surface area contributed by atoms with Gasteiger partial charge in [0.2, 0.25) is 0 Å². The zero-order valence-electron chi connectivity index (χ0n) is 21.5. The fourth-order valence-corrected chi connectivity index (χ4v) is 4.21. The Balaban J connectivity index is 1.92. The molecule has 1 atom stereocenters. The lowest BCUT2D eigenvalue weighted by Crippen LogP contribution is -2.32. The second kappa shape index (κ2) is 13.7. The molecule has 0 fully saturated rings. The second-order valence-electron chi connectivity index (χ2n) is 9.09. The van der Waals surface area contributed by atoms with Crippen LogP contribution in [0.3, 0.4) is 0 Å². The molecule has 0 amide bonds. The van der Waals surface area contributed by atoms with E-state index >= 15 is 0 Å². The summed E-state index contributed by atoms with van der Waals surface area (Å²) in [7, 11) is 5.01. The van der Waals surface area contributed by atoms with Crippen LogP contribution in [0.1, 0.15) is 43.4 Å². The van der Waals surface area contributed by atoms with Crippen molar-refractivity contribution in [2.24, 2.45) is 5.92 Å². The Morgan fingerprint density at radius 1 is 1.14 bits per heavy atom. The largest absolute Gasteiger partial charge is 0.496 e. The molecule has 35 heavy (non-hydrogen) atoms. The number of methoxy groups -OCH3 is 2. The fraction of sp³-hybridized carbons (Fsp3) is 0.500. The van der Waals surface area contributed by atoms with Crippen molar-refractivity contribution in [2.75, 3.05) is 41.0 Å². The summed E-state index contributed by atoms with van der Waals surface area (Å²) in [6.07, 6.45) is 2.50. The first-order valence-corrected chi connectivity index (χ1v) is 12.0. The van der Waals surface area contributed by atoms with Crippen molar-refractivity contribution < 1.29 is 24.1 Å². The number of esters is 1. The van der Waals surface area contributed by atoms with Gasteiger partial charge in [0.05, 0.1) is 32.3 Å². The fourth-order valence-electron chi connectivity index (χ4n) is 4.21. The summed E-state index contributed by atoms with van der Waals surface area (Å²) in [6.45, 7) is 5.69. The van der Waals surface area contributed by atoms with E-state index in [9.17, 15) is 15.2 Å². The maximum absolute atomic E-state index is 11.2. The molecule has 0 aliphatic carbocycles. The standard InChI is InChI=1S/C28H38N2O5/c1-21(2)28(20-29,24-9-12-26(33-4)23(17-24)18-31)14-6-15-30(3)16-13-22-7-10-25(11-8-22)35-19-27(32)34-5/h7-12,17,21,31H,6,13-16,18-19H2,1-5H3. The molecule has 1 N–H and O–H groups in total. The molecule has 0 heterocycles.